The zero-order chi connectivity index (χ0) is 23.9. The molecule has 3 aromatic rings. The predicted octanol–water partition coefficient (Wildman–Crippen LogP) is 3.98. The second kappa shape index (κ2) is 11.4. The average molecular weight is 495 g/mol. The van der Waals surface area contributed by atoms with Crippen LogP contribution in [0, 0.1) is 0 Å². The Morgan fingerprint density at radius 2 is 1.94 bits per heavy atom. The summed E-state index contributed by atoms with van der Waals surface area (Å²) in [5, 5.41) is 3.25. The van der Waals surface area contributed by atoms with Crippen molar-refractivity contribution in [3.8, 4) is 0 Å². The van der Waals surface area contributed by atoms with Gasteiger partial charge >= 0.3 is 0 Å². The maximum absolute atomic E-state index is 13.3. The number of benzene rings is 1. The van der Waals surface area contributed by atoms with Crippen molar-refractivity contribution < 1.29 is 9.53 Å². The van der Waals surface area contributed by atoms with E-state index in [1.807, 2.05) is 43.3 Å². The van der Waals surface area contributed by atoms with Gasteiger partial charge in [-0.25, -0.2) is 4.98 Å². The van der Waals surface area contributed by atoms with Crippen molar-refractivity contribution in [2.45, 2.75) is 19.8 Å². The first-order valence-electron chi connectivity index (χ1n) is 11.2. The van der Waals surface area contributed by atoms with E-state index in [2.05, 4.69) is 10.3 Å². The number of thioether (sulfide) groups is 1. The van der Waals surface area contributed by atoms with Crippen LogP contribution in [0.5, 0.6) is 0 Å². The van der Waals surface area contributed by atoms with Crippen LogP contribution in [-0.2, 0) is 16.0 Å². The van der Waals surface area contributed by atoms with Crippen molar-refractivity contribution in [3.05, 3.63) is 81.1 Å². The summed E-state index contributed by atoms with van der Waals surface area (Å²) >= 11 is 6.69. The molecule has 4 rings (SSSR count). The molecule has 2 aromatic heterocycles. The summed E-state index contributed by atoms with van der Waals surface area (Å²) in [6.07, 6.45) is 4.76. The highest BCUT2D eigenvalue weighted by Gasteiger charge is 2.32. The van der Waals surface area contributed by atoms with Gasteiger partial charge in [0.25, 0.3) is 11.5 Å². The maximum Gasteiger partial charge on any atom is 0.267 e. The van der Waals surface area contributed by atoms with E-state index in [9.17, 15) is 9.59 Å². The number of amides is 1. The highest BCUT2D eigenvalue weighted by Crippen LogP contribution is 2.33. The Hall–Kier alpha value is -3.01. The van der Waals surface area contributed by atoms with Gasteiger partial charge in [-0.2, -0.15) is 0 Å². The molecule has 0 spiro atoms. The number of anilines is 1. The number of hydrogen-bond acceptors (Lipinski definition) is 7. The fourth-order valence-electron chi connectivity index (χ4n) is 3.60. The standard InChI is InChI=1S/C25H26N4O3S2/c1-2-32-16-8-13-26-22-19(23(30)28-14-7-6-11-21(28)27-22)17-20-24(31)29(25(33)34-20)15-12-18-9-4-3-5-10-18/h3-7,9-11,14,17,26H,2,8,12-13,15-16H2,1H3/b20-17-. The van der Waals surface area contributed by atoms with Gasteiger partial charge in [-0.3, -0.25) is 18.9 Å². The summed E-state index contributed by atoms with van der Waals surface area (Å²) in [4.78, 5) is 33.1. The second-order valence-corrected chi connectivity index (χ2v) is 9.33. The van der Waals surface area contributed by atoms with Crippen molar-refractivity contribution >= 4 is 51.7 Å². The van der Waals surface area contributed by atoms with Gasteiger partial charge in [0.2, 0.25) is 0 Å². The normalized spacial score (nSPS) is 15.0. The van der Waals surface area contributed by atoms with E-state index in [0.717, 1.165) is 12.0 Å². The number of nitrogens with zero attached hydrogens (tertiary/aromatic N) is 3. The molecule has 7 nitrogen and oxygen atoms in total. The number of aromatic nitrogens is 2. The van der Waals surface area contributed by atoms with E-state index < -0.39 is 0 Å². The lowest BCUT2D eigenvalue weighted by Crippen LogP contribution is -2.30. The molecule has 1 saturated heterocycles. The number of ether oxygens (including phenoxy) is 1. The summed E-state index contributed by atoms with van der Waals surface area (Å²) in [5.74, 6) is 0.257. The molecule has 1 N–H and O–H groups in total. The highest BCUT2D eigenvalue weighted by atomic mass is 32.2. The monoisotopic (exact) mass is 494 g/mol. The van der Waals surface area contributed by atoms with E-state index in [1.165, 1.54) is 16.2 Å². The summed E-state index contributed by atoms with van der Waals surface area (Å²) in [6.45, 7) is 4.31. The van der Waals surface area contributed by atoms with Crippen LogP contribution >= 0.6 is 24.0 Å². The number of hydrogen-bond donors (Lipinski definition) is 1. The fraction of sp³-hybridized carbons (Fsp3) is 0.280. The van der Waals surface area contributed by atoms with Crippen LogP contribution in [0.4, 0.5) is 5.82 Å². The number of thiocarbonyl (C=S) groups is 1. The van der Waals surface area contributed by atoms with E-state index in [-0.39, 0.29) is 11.5 Å². The zero-order valence-corrected chi connectivity index (χ0v) is 20.5. The molecule has 0 atom stereocenters. The largest absolute Gasteiger partial charge is 0.382 e. The van der Waals surface area contributed by atoms with Crippen molar-refractivity contribution in [2.24, 2.45) is 0 Å². The molecule has 1 fully saturated rings. The van der Waals surface area contributed by atoms with Gasteiger partial charge in [0.1, 0.15) is 15.8 Å². The minimum absolute atomic E-state index is 0.189. The SMILES string of the molecule is CCOCCCNc1nc2ccccn2c(=O)c1/C=C1\SC(=S)N(CCc2ccccc2)C1=O. The second-order valence-electron chi connectivity index (χ2n) is 7.65. The predicted molar refractivity (Wildman–Crippen MR) is 141 cm³/mol. The maximum atomic E-state index is 13.3. The number of carbonyl (C=O) groups is 1. The van der Waals surface area contributed by atoms with Crippen LogP contribution < -0.4 is 10.9 Å². The Balaban J connectivity index is 1.60. The van der Waals surface area contributed by atoms with Crippen LogP contribution in [0.2, 0.25) is 0 Å². The minimum Gasteiger partial charge on any atom is -0.382 e. The number of nitrogens with one attached hydrogen (secondary N) is 1. The number of fused-ring (bicyclic) bond motifs is 1. The number of pyridine rings is 1. The van der Waals surface area contributed by atoms with E-state index in [0.29, 0.717) is 59.0 Å². The van der Waals surface area contributed by atoms with Crippen LogP contribution in [0.3, 0.4) is 0 Å². The fourth-order valence-corrected chi connectivity index (χ4v) is 4.89. The lowest BCUT2D eigenvalue weighted by Gasteiger charge is -2.14. The molecular formula is C25H26N4O3S2. The molecular weight excluding hydrogens is 468 g/mol. The van der Waals surface area contributed by atoms with Gasteiger partial charge in [-0.05, 0) is 43.5 Å². The Morgan fingerprint density at radius 3 is 2.74 bits per heavy atom. The molecule has 0 radical (unpaired) electrons. The van der Waals surface area contributed by atoms with Gasteiger partial charge in [-0.1, -0.05) is 60.4 Å². The first kappa shape index (κ1) is 24.1. The zero-order valence-electron chi connectivity index (χ0n) is 18.9. The Morgan fingerprint density at radius 1 is 1.15 bits per heavy atom. The lowest BCUT2D eigenvalue weighted by molar-refractivity contribution is -0.122. The third kappa shape index (κ3) is 5.55. The van der Waals surface area contributed by atoms with Gasteiger partial charge in [0.05, 0.1) is 10.5 Å². The number of carbonyl (C=O) groups excluding carboxylic acids is 1. The summed E-state index contributed by atoms with van der Waals surface area (Å²) in [7, 11) is 0. The quantitative estimate of drug-likeness (QED) is 0.260. The first-order valence-corrected chi connectivity index (χ1v) is 12.4. The van der Waals surface area contributed by atoms with E-state index in [1.54, 1.807) is 29.3 Å². The van der Waals surface area contributed by atoms with Crippen molar-refractivity contribution in [2.75, 3.05) is 31.6 Å². The summed E-state index contributed by atoms with van der Waals surface area (Å²) in [5.41, 5.74) is 1.76. The Kier molecular flexibility index (Phi) is 8.10. The van der Waals surface area contributed by atoms with Crippen molar-refractivity contribution in [3.63, 3.8) is 0 Å². The van der Waals surface area contributed by atoms with Crippen LogP contribution in [0.25, 0.3) is 11.7 Å². The molecule has 3 heterocycles. The van der Waals surface area contributed by atoms with Crippen molar-refractivity contribution in [1.29, 1.82) is 0 Å². The smallest absolute Gasteiger partial charge is 0.267 e. The molecule has 176 valence electrons. The molecule has 0 saturated carbocycles. The highest BCUT2D eigenvalue weighted by molar-refractivity contribution is 8.26. The van der Waals surface area contributed by atoms with Gasteiger partial charge in [-0.15, -0.1) is 0 Å². The minimum atomic E-state index is -0.243. The molecule has 9 heteroatoms. The molecule has 0 unspecified atom stereocenters. The Labute approximate surface area is 207 Å². The number of rotatable bonds is 10. The summed E-state index contributed by atoms with van der Waals surface area (Å²) in [6, 6.07) is 15.4. The molecule has 1 aromatic carbocycles. The molecule has 1 amide bonds. The molecule has 0 bridgehead atoms. The van der Waals surface area contributed by atoms with Gasteiger partial charge in [0, 0.05) is 32.5 Å². The van der Waals surface area contributed by atoms with Crippen molar-refractivity contribution in [1.82, 2.24) is 14.3 Å². The molecule has 0 aliphatic carbocycles. The molecule has 1 aliphatic rings. The van der Waals surface area contributed by atoms with Gasteiger partial charge < -0.3 is 10.1 Å². The average Bonchev–Trinajstić information content (AvgIpc) is 3.12. The van der Waals surface area contributed by atoms with E-state index >= 15 is 0 Å². The summed E-state index contributed by atoms with van der Waals surface area (Å²) < 4.78 is 7.36. The topological polar surface area (TPSA) is 75.9 Å². The van der Waals surface area contributed by atoms with Crippen LogP contribution in [0.1, 0.15) is 24.5 Å². The van der Waals surface area contributed by atoms with Crippen LogP contribution in [0.15, 0.2) is 64.4 Å². The van der Waals surface area contributed by atoms with Gasteiger partial charge in [0.15, 0.2) is 0 Å². The third-order valence-corrected chi connectivity index (χ3v) is 6.72. The van der Waals surface area contributed by atoms with Crippen LogP contribution in [-0.4, -0.2) is 50.8 Å². The Bertz CT molecular complexity index is 1270. The first-order chi connectivity index (χ1) is 16.6. The molecule has 1 aliphatic heterocycles. The molecule has 34 heavy (non-hydrogen) atoms. The van der Waals surface area contributed by atoms with E-state index in [4.69, 9.17) is 17.0 Å². The third-order valence-electron chi connectivity index (χ3n) is 5.35. The lowest BCUT2D eigenvalue weighted by atomic mass is 10.1.